The lowest BCUT2D eigenvalue weighted by atomic mass is 9.89. The number of carbonyl (C=O) groups is 2. The van der Waals surface area contributed by atoms with Crippen LogP contribution in [-0.4, -0.2) is 28.5 Å². The standard InChI is InChI=1S/C16H18N2O4/c1-16(2,15(21)22)7-8-17-14(20)11-9-13(19)18-12-6-4-3-5-10(11)12/h3-6,9H,7-8H2,1-2H3,(H,17,20)(H,18,19)(H,21,22). The molecule has 1 aromatic heterocycles. The average Bonchev–Trinajstić information content (AvgIpc) is 2.45. The van der Waals surface area contributed by atoms with Crippen molar-refractivity contribution in [1.82, 2.24) is 10.3 Å². The molecule has 0 aliphatic carbocycles. The van der Waals surface area contributed by atoms with Crippen LogP contribution < -0.4 is 10.9 Å². The molecule has 22 heavy (non-hydrogen) atoms. The number of benzene rings is 1. The summed E-state index contributed by atoms with van der Waals surface area (Å²) in [4.78, 5) is 37.6. The number of aromatic amines is 1. The number of aromatic nitrogens is 1. The summed E-state index contributed by atoms with van der Waals surface area (Å²) < 4.78 is 0. The van der Waals surface area contributed by atoms with Crippen molar-refractivity contribution in [3.63, 3.8) is 0 Å². The van der Waals surface area contributed by atoms with Gasteiger partial charge in [0.25, 0.3) is 5.91 Å². The number of fused-ring (bicyclic) bond motifs is 1. The van der Waals surface area contributed by atoms with E-state index in [4.69, 9.17) is 5.11 Å². The zero-order valence-electron chi connectivity index (χ0n) is 12.5. The Hall–Kier alpha value is -2.63. The third kappa shape index (κ3) is 3.33. The summed E-state index contributed by atoms with van der Waals surface area (Å²) in [7, 11) is 0. The smallest absolute Gasteiger partial charge is 0.309 e. The lowest BCUT2D eigenvalue weighted by Crippen LogP contribution is -2.32. The van der Waals surface area contributed by atoms with E-state index in [0.717, 1.165) is 0 Å². The molecule has 0 aliphatic heterocycles. The average molecular weight is 302 g/mol. The maximum Gasteiger partial charge on any atom is 0.309 e. The molecule has 116 valence electrons. The molecule has 1 amide bonds. The fourth-order valence-corrected chi connectivity index (χ4v) is 2.08. The summed E-state index contributed by atoms with van der Waals surface area (Å²) in [6.45, 7) is 3.42. The number of H-pyrrole nitrogens is 1. The molecule has 3 N–H and O–H groups in total. The van der Waals surface area contributed by atoms with Crippen molar-refractivity contribution in [3.8, 4) is 0 Å². The Labute approximate surface area is 127 Å². The van der Waals surface area contributed by atoms with E-state index in [-0.39, 0.29) is 23.6 Å². The predicted molar refractivity (Wildman–Crippen MR) is 82.9 cm³/mol. The number of rotatable bonds is 5. The Balaban J connectivity index is 2.17. The molecule has 6 nitrogen and oxygen atoms in total. The van der Waals surface area contributed by atoms with Crippen molar-refractivity contribution >= 4 is 22.8 Å². The van der Waals surface area contributed by atoms with Crippen LogP contribution in [0.4, 0.5) is 0 Å². The van der Waals surface area contributed by atoms with Gasteiger partial charge in [0.15, 0.2) is 0 Å². The number of hydrogen-bond acceptors (Lipinski definition) is 3. The van der Waals surface area contributed by atoms with E-state index in [1.807, 2.05) is 0 Å². The van der Waals surface area contributed by atoms with Gasteiger partial charge in [-0.3, -0.25) is 14.4 Å². The second-order valence-electron chi connectivity index (χ2n) is 5.79. The number of carboxylic acid groups (broad SMARTS) is 1. The third-order valence-electron chi connectivity index (χ3n) is 3.61. The van der Waals surface area contributed by atoms with Gasteiger partial charge in [0, 0.05) is 23.5 Å². The minimum atomic E-state index is -0.914. The number of aliphatic carboxylic acids is 1. The molecule has 0 fully saturated rings. The zero-order chi connectivity index (χ0) is 16.3. The van der Waals surface area contributed by atoms with Gasteiger partial charge in [-0.05, 0) is 26.3 Å². The van der Waals surface area contributed by atoms with Gasteiger partial charge < -0.3 is 15.4 Å². The largest absolute Gasteiger partial charge is 0.481 e. The molecule has 2 aromatic rings. The van der Waals surface area contributed by atoms with E-state index < -0.39 is 11.4 Å². The number of carboxylic acids is 1. The van der Waals surface area contributed by atoms with Gasteiger partial charge in [-0.15, -0.1) is 0 Å². The van der Waals surface area contributed by atoms with E-state index >= 15 is 0 Å². The van der Waals surface area contributed by atoms with E-state index in [9.17, 15) is 14.4 Å². The first-order chi connectivity index (χ1) is 10.3. The fraction of sp³-hybridized carbons (Fsp3) is 0.312. The van der Waals surface area contributed by atoms with Gasteiger partial charge in [-0.2, -0.15) is 0 Å². The molecule has 0 unspecified atom stereocenters. The van der Waals surface area contributed by atoms with Crippen LogP contribution in [0.25, 0.3) is 10.9 Å². The summed E-state index contributed by atoms with van der Waals surface area (Å²) in [5.74, 6) is -1.30. The maximum absolute atomic E-state index is 12.3. The molecule has 0 bridgehead atoms. The van der Waals surface area contributed by atoms with Gasteiger partial charge in [0.1, 0.15) is 0 Å². The highest BCUT2D eigenvalue weighted by Gasteiger charge is 2.26. The summed E-state index contributed by atoms with van der Waals surface area (Å²) in [5.41, 5.74) is -0.392. The fourth-order valence-electron chi connectivity index (χ4n) is 2.08. The van der Waals surface area contributed by atoms with Gasteiger partial charge in [0.2, 0.25) is 5.56 Å². The first-order valence-electron chi connectivity index (χ1n) is 6.95. The lowest BCUT2D eigenvalue weighted by Gasteiger charge is -2.19. The van der Waals surface area contributed by atoms with Crippen LogP contribution in [0, 0.1) is 5.41 Å². The zero-order valence-corrected chi connectivity index (χ0v) is 12.5. The van der Waals surface area contributed by atoms with Crippen LogP contribution in [0.1, 0.15) is 30.6 Å². The Bertz CT molecular complexity index is 777. The second-order valence-corrected chi connectivity index (χ2v) is 5.79. The Kier molecular flexibility index (Phi) is 4.30. The van der Waals surface area contributed by atoms with Crippen molar-refractivity contribution in [3.05, 3.63) is 46.2 Å². The van der Waals surface area contributed by atoms with Crippen molar-refractivity contribution < 1.29 is 14.7 Å². The molecule has 1 heterocycles. The van der Waals surface area contributed by atoms with Gasteiger partial charge in [-0.25, -0.2) is 0 Å². The van der Waals surface area contributed by atoms with Crippen molar-refractivity contribution in [2.24, 2.45) is 5.41 Å². The monoisotopic (exact) mass is 302 g/mol. The number of carbonyl (C=O) groups excluding carboxylic acids is 1. The Morgan fingerprint density at radius 2 is 1.95 bits per heavy atom. The molecule has 1 aromatic carbocycles. The Morgan fingerprint density at radius 1 is 1.27 bits per heavy atom. The number of pyridine rings is 1. The number of para-hydroxylation sites is 1. The second kappa shape index (κ2) is 6.01. The molecular formula is C16H18N2O4. The Morgan fingerprint density at radius 3 is 2.64 bits per heavy atom. The lowest BCUT2D eigenvalue weighted by molar-refractivity contribution is -0.147. The number of nitrogens with one attached hydrogen (secondary N) is 2. The van der Waals surface area contributed by atoms with Crippen LogP contribution in [-0.2, 0) is 4.79 Å². The van der Waals surface area contributed by atoms with E-state index in [1.165, 1.54) is 6.07 Å². The third-order valence-corrected chi connectivity index (χ3v) is 3.61. The van der Waals surface area contributed by atoms with Crippen molar-refractivity contribution in [2.45, 2.75) is 20.3 Å². The van der Waals surface area contributed by atoms with Gasteiger partial charge in [0.05, 0.1) is 11.0 Å². The maximum atomic E-state index is 12.3. The van der Waals surface area contributed by atoms with Crippen molar-refractivity contribution in [2.75, 3.05) is 6.54 Å². The van der Waals surface area contributed by atoms with Crippen LogP contribution in [0.15, 0.2) is 35.1 Å². The molecular weight excluding hydrogens is 284 g/mol. The van der Waals surface area contributed by atoms with Crippen LogP contribution in [0.3, 0.4) is 0 Å². The topological polar surface area (TPSA) is 99.3 Å². The van der Waals surface area contributed by atoms with Gasteiger partial charge >= 0.3 is 5.97 Å². The first-order valence-corrected chi connectivity index (χ1v) is 6.95. The number of hydrogen-bond donors (Lipinski definition) is 3. The number of amides is 1. The quantitative estimate of drug-likeness (QED) is 0.783. The minimum absolute atomic E-state index is 0.221. The molecule has 0 aliphatic rings. The summed E-state index contributed by atoms with van der Waals surface area (Å²) in [5, 5.41) is 12.4. The summed E-state index contributed by atoms with van der Waals surface area (Å²) in [6.07, 6.45) is 0.301. The van der Waals surface area contributed by atoms with Gasteiger partial charge in [-0.1, -0.05) is 18.2 Å². The molecule has 0 radical (unpaired) electrons. The molecule has 2 rings (SSSR count). The molecule has 0 spiro atoms. The highest BCUT2D eigenvalue weighted by atomic mass is 16.4. The van der Waals surface area contributed by atoms with Crippen LogP contribution in [0.5, 0.6) is 0 Å². The predicted octanol–water partition coefficient (Wildman–Crippen LogP) is 1.76. The van der Waals surface area contributed by atoms with Crippen molar-refractivity contribution in [1.29, 1.82) is 0 Å². The van der Waals surface area contributed by atoms with Crippen LogP contribution >= 0.6 is 0 Å². The molecule has 0 atom stereocenters. The molecule has 0 saturated heterocycles. The van der Waals surface area contributed by atoms with E-state index in [0.29, 0.717) is 17.3 Å². The summed E-state index contributed by atoms with van der Waals surface area (Å²) in [6, 6.07) is 8.28. The van der Waals surface area contributed by atoms with Crippen LogP contribution in [0.2, 0.25) is 0 Å². The minimum Gasteiger partial charge on any atom is -0.481 e. The highest BCUT2D eigenvalue weighted by molar-refractivity contribution is 6.05. The van der Waals surface area contributed by atoms with E-state index in [1.54, 1.807) is 38.1 Å². The first kappa shape index (κ1) is 15.8. The molecule has 0 saturated carbocycles. The normalized spacial score (nSPS) is 11.4. The molecule has 6 heteroatoms. The van der Waals surface area contributed by atoms with E-state index in [2.05, 4.69) is 10.3 Å². The SMILES string of the molecule is CC(C)(CCNC(=O)c1cc(=O)[nH]c2ccccc12)C(=O)O. The highest BCUT2D eigenvalue weighted by Crippen LogP contribution is 2.19. The summed E-state index contributed by atoms with van der Waals surface area (Å²) >= 11 is 0.